The van der Waals surface area contributed by atoms with Gasteiger partial charge in [-0.2, -0.15) is 0 Å². The van der Waals surface area contributed by atoms with Crippen molar-refractivity contribution < 1.29 is 9.21 Å². The molecule has 3 rings (SSSR count). The number of hydrogen-bond donors (Lipinski definition) is 1. The molecule has 0 radical (unpaired) electrons. The van der Waals surface area contributed by atoms with E-state index in [1.807, 2.05) is 12.1 Å². The largest absolute Gasteiger partial charge is 0.468 e. The van der Waals surface area contributed by atoms with Crippen LogP contribution in [0.25, 0.3) is 0 Å². The molecular formula is C19H23ClN2O2. The van der Waals surface area contributed by atoms with Crippen molar-refractivity contribution >= 4 is 17.4 Å². The summed E-state index contributed by atoms with van der Waals surface area (Å²) in [7, 11) is 0. The van der Waals surface area contributed by atoms with Gasteiger partial charge >= 0.3 is 0 Å². The highest BCUT2D eigenvalue weighted by Gasteiger charge is 2.24. The Balaban J connectivity index is 1.57. The number of piperidine rings is 1. The van der Waals surface area contributed by atoms with Crippen molar-refractivity contribution in [3.05, 3.63) is 59.0 Å². The average Bonchev–Trinajstić information content (AvgIpc) is 3.14. The minimum absolute atomic E-state index is 0.0727. The number of nitrogens with one attached hydrogen (secondary N) is 1. The SMILES string of the molecule is O=C(CNCC(c1ccco1)N1CCCCC1)c1ccc(Cl)cc1. The molecule has 0 amide bonds. The summed E-state index contributed by atoms with van der Waals surface area (Å²) in [5.41, 5.74) is 0.680. The maximum Gasteiger partial charge on any atom is 0.176 e. The molecule has 1 unspecified atom stereocenters. The minimum Gasteiger partial charge on any atom is -0.468 e. The molecule has 128 valence electrons. The monoisotopic (exact) mass is 346 g/mol. The van der Waals surface area contributed by atoms with Crippen LogP contribution in [-0.2, 0) is 0 Å². The van der Waals surface area contributed by atoms with E-state index in [0.717, 1.165) is 18.8 Å². The molecule has 0 spiro atoms. The number of halogens is 1. The van der Waals surface area contributed by atoms with Gasteiger partial charge in [-0.3, -0.25) is 9.69 Å². The Morgan fingerprint density at radius 2 is 1.92 bits per heavy atom. The summed E-state index contributed by atoms with van der Waals surface area (Å²) in [6.45, 7) is 3.18. The summed E-state index contributed by atoms with van der Waals surface area (Å²) >= 11 is 5.86. The van der Waals surface area contributed by atoms with Crippen LogP contribution in [0.15, 0.2) is 47.1 Å². The summed E-state index contributed by atoms with van der Waals surface area (Å²) in [4.78, 5) is 14.7. The van der Waals surface area contributed by atoms with Crippen LogP contribution in [0.1, 0.15) is 41.4 Å². The fourth-order valence-electron chi connectivity index (χ4n) is 3.18. The predicted molar refractivity (Wildman–Crippen MR) is 95.5 cm³/mol. The average molecular weight is 347 g/mol. The first kappa shape index (κ1) is 17.2. The van der Waals surface area contributed by atoms with Gasteiger partial charge in [0, 0.05) is 17.1 Å². The zero-order valence-electron chi connectivity index (χ0n) is 13.7. The molecule has 1 aliphatic heterocycles. The maximum atomic E-state index is 12.3. The zero-order valence-corrected chi connectivity index (χ0v) is 14.5. The number of carbonyl (C=O) groups excluding carboxylic acids is 1. The number of Topliss-reactive ketones (excluding diaryl/α,β-unsaturated/α-hetero) is 1. The lowest BCUT2D eigenvalue weighted by molar-refractivity contribution is 0.0980. The van der Waals surface area contributed by atoms with Crippen LogP contribution in [0.2, 0.25) is 5.02 Å². The molecule has 1 aromatic carbocycles. The Morgan fingerprint density at radius 1 is 1.17 bits per heavy atom. The van der Waals surface area contributed by atoms with Crippen LogP contribution in [0.3, 0.4) is 0 Å². The second kappa shape index (κ2) is 8.47. The lowest BCUT2D eigenvalue weighted by atomic mass is 10.1. The molecule has 2 heterocycles. The lowest BCUT2D eigenvalue weighted by Crippen LogP contribution is -2.40. The molecule has 0 bridgehead atoms. The van der Waals surface area contributed by atoms with E-state index in [1.54, 1.807) is 30.5 Å². The standard InChI is InChI=1S/C19H23ClN2O2/c20-16-8-6-15(7-9-16)18(23)14-21-13-17(19-5-4-12-24-19)22-10-2-1-3-11-22/h4-9,12,17,21H,1-3,10-11,13-14H2. The maximum absolute atomic E-state index is 12.3. The molecule has 0 saturated carbocycles. The Labute approximate surface area is 147 Å². The van der Waals surface area contributed by atoms with Crippen LogP contribution in [0, 0.1) is 0 Å². The van der Waals surface area contributed by atoms with Crippen molar-refractivity contribution in [1.82, 2.24) is 10.2 Å². The van der Waals surface area contributed by atoms with Gasteiger partial charge in [-0.15, -0.1) is 0 Å². The lowest BCUT2D eigenvalue weighted by Gasteiger charge is -2.33. The van der Waals surface area contributed by atoms with E-state index in [-0.39, 0.29) is 11.8 Å². The number of benzene rings is 1. The number of rotatable bonds is 7. The predicted octanol–water partition coefficient (Wildman–Crippen LogP) is 3.93. The molecular weight excluding hydrogens is 324 g/mol. The van der Waals surface area contributed by atoms with Crippen molar-refractivity contribution in [2.75, 3.05) is 26.2 Å². The van der Waals surface area contributed by atoms with Gasteiger partial charge in [0.2, 0.25) is 0 Å². The van der Waals surface area contributed by atoms with Gasteiger partial charge in [0.05, 0.1) is 18.8 Å². The van der Waals surface area contributed by atoms with Crippen molar-refractivity contribution in [3.8, 4) is 0 Å². The molecule has 1 aliphatic rings. The highest BCUT2D eigenvalue weighted by molar-refractivity contribution is 6.30. The molecule has 1 aromatic heterocycles. The van der Waals surface area contributed by atoms with E-state index in [4.69, 9.17) is 16.0 Å². The van der Waals surface area contributed by atoms with Gasteiger partial charge in [0.15, 0.2) is 5.78 Å². The Hall–Kier alpha value is -1.62. The summed E-state index contributed by atoms with van der Waals surface area (Å²) in [5, 5.41) is 3.94. The van der Waals surface area contributed by atoms with Crippen molar-refractivity contribution in [1.29, 1.82) is 0 Å². The smallest absolute Gasteiger partial charge is 0.176 e. The van der Waals surface area contributed by atoms with Crippen LogP contribution in [-0.4, -0.2) is 36.9 Å². The second-order valence-corrected chi connectivity index (χ2v) is 6.63. The molecule has 2 aromatic rings. The van der Waals surface area contributed by atoms with Crippen molar-refractivity contribution in [3.63, 3.8) is 0 Å². The molecule has 0 aliphatic carbocycles. The van der Waals surface area contributed by atoms with Gasteiger partial charge < -0.3 is 9.73 Å². The second-order valence-electron chi connectivity index (χ2n) is 6.19. The van der Waals surface area contributed by atoms with E-state index < -0.39 is 0 Å². The molecule has 5 heteroatoms. The van der Waals surface area contributed by atoms with Gasteiger partial charge in [-0.1, -0.05) is 18.0 Å². The van der Waals surface area contributed by atoms with Crippen molar-refractivity contribution in [2.45, 2.75) is 25.3 Å². The van der Waals surface area contributed by atoms with Crippen LogP contribution >= 0.6 is 11.6 Å². The number of carbonyl (C=O) groups is 1. The molecule has 24 heavy (non-hydrogen) atoms. The van der Waals surface area contributed by atoms with Crippen LogP contribution in [0.5, 0.6) is 0 Å². The highest BCUT2D eigenvalue weighted by Crippen LogP contribution is 2.24. The third-order valence-electron chi connectivity index (χ3n) is 4.49. The van der Waals surface area contributed by atoms with E-state index in [1.165, 1.54) is 19.3 Å². The normalized spacial score (nSPS) is 16.9. The Kier molecular flexibility index (Phi) is 6.07. The van der Waals surface area contributed by atoms with E-state index in [2.05, 4.69) is 10.2 Å². The Morgan fingerprint density at radius 3 is 2.58 bits per heavy atom. The topological polar surface area (TPSA) is 45.5 Å². The molecule has 1 atom stereocenters. The number of likely N-dealkylation sites (tertiary alicyclic amines) is 1. The highest BCUT2D eigenvalue weighted by atomic mass is 35.5. The first-order valence-corrected chi connectivity index (χ1v) is 8.89. The van der Waals surface area contributed by atoms with Crippen LogP contribution < -0.4 is 5.32 Å². The molecule has 4 nitrogen and oxygen atoms in total. The van der Waals surface area contributed by atoms with E-state index >= 15 is 0 Å². The summed E-state index contributed by atoms with van der Waals surface area (Å²) < 4.78 is 5.62. The number of ketones is 1. The minimum atomic E-state index is 0.0727. The molecule has 1 N–H and O–H groups in total. The van der Waals surface area contributed by atoms with E-state index in [9.17, 15) is 4.79 Å². The first-order valence-electron chi connectivity index (χ1n) is 8.51. The fraction of sp³-hybridized carbons (Fsp3) is 0.421. The Bertz CT molecular complexity index is 634. The van der Waals surface area contributed by atoms with Crippen molar-refractivity contribution in [2.24, 2.45) is 0 Å². The van der Waals surface area contributed by atoms with Gasteiger partial charge in [0.1, 0.15) is 5.76 Å². The van der Waals surface area contributed by atoms with Gasteiger partial charge in [-0.05, 0) is 62.3 Å². The third-order valence-corrected chi connectivity index (χ3v) is 4.74. The quantitative estimate of drug-likeness (QED) is 0.771. The number of furan rings is 1. The van der Waals surface area contributed by atoms with Crippen LogP contribution in [0.4, 0.5) is 0 Å². The van der Waals surface area contributed by atoms with Gasteiger partial charge in [0.25, 0.3) is 0 Å². The third kappa shape index (κ3) is 4.47. The summed E-state index contributed by atoms with van der Waals surface area (Å²) in [6, 6.07) is 11.1. The number of hydrogen-bond acceptors (Lipinski definition) is 4. The molecule has 1 fully saturated rings. The van der Waals surface area contributed by atoms with E-state index in [0.29, 0.717) is 23.7 Å². The summed E-state index contributed by atoms with van der Waals surface area (Å²) in [6.07, 6.45) is 5.46. The molecule has 1 saturated heterocycles. The fourth-order valence-corrected chi connectivity index (χ4v) is 3.31. The van der Waals surface area contributed by atoms with Gasteiger partial charge in [-0.25, -0.2) is 0 Å². The first-order chi connectivity index (χ1) is 11.7. The zero-order chi connectivity index (χ0) is 16.8. The summed E-state index contributed by atoms with van der Waals surface area (Å²) in [5.74, 6) is 1.03. The number of nitrogens with zero attached hydrogens (tertiary/aromatic N) is 1.